The molecule has 1 aromatic rings. The molecule has 1 heteroatoms. The van der Waals surface area contributed by atoms with Crippen molar-refractivity contribution in [3.63, 3.8) is 0 Å². The van der Waals surface area contributed by atoms with Gasteiger partial charge in [0.1, 0.15) is 0 Å². The van der Waals surface area contributed by atoms with Crippen molar-refractivity contribution >= 4 is 0 Å². The van der Waals surface area contributed by atoms with E-state index < -0.39 is 0 Å². The van der Waals surface area contributed by atoms with Gasteiger partial charge in [0.05, 0.1) is 6.04 Å². The topological polar surface area (TPSA) is 3.24 Å². The normalized spacial score (nSPS) is 16.3. The second-order valence-electron chi connectivity index (χ2n) is 5.23. The van der Waals surface area contributed by atoms with Crippen LogP contribution >= 0.6 is 0 Å². The van der Waals surface area contributed by atoms with Gasteiger partial charge in [0.25, 0.3) is 0 Å². The summed E-state index contributed by atoms with van der Waals surface area (Å²) in [7, 11) is 0. The van der Waals surface area contributed by atoms with Crippen LogP contribution in [0.3, 0.4) is 0 Å². The summed E-state index contributed by atoms with van der Waals surface area (Å²) >= 11 is 0. The number of hydrogen-bond acceptors (Lipinski definition) is 1. The Morgan fingerprint density at radius 2 is 1.95 bits per heavy atom. The van der Waals surface area contributed by atoms with Crippen molar-refractivity contribution in [3.8, 4) is 0 Å². The molecule has 1 atom stereocenters. The summed E-state index contributed by atoms with van der Waals surface area (Å²) in [6.07, 6.45) is 11.8. The Hall–Kier alpha value is -1.50. The van der Waals surface area contributed by atoms with Gasteiger partial charge in [-0.3, -0.25) is 0 Å². The Morgan fingerprint density at radius 3 is 2.63 bits per heavy atom. The fourth-order valence-electron chi connectivity index (χ4n) is 2.66. The number of rotatable bonds is 6. The van der Waals surface area contributed by atoms with Crippen LogP contribution in [0, 0.1) is 0 Å². The van der Waals surface area contributed by atoms with Crippen molar-refractivity contribution in [2.45, 2.75) is 45.6 Å². The molecule has 0 aliphatic carbocycles. The lowest BCUT2D eigenvalue weighted by atomic mass is 9.98. The maximum absolute atomic E-state index is 2.50. The summed E-state index contributed by atoms with van der Waals surface area (Å²) in [5.41, 5.74) is 2.88. The molecule has 19 heavy (non-hydrogen) atoms. The van der Waals surface area contributed by atoms with Crippen LogP contribution in [-0.2, 0) is 0 Å². The van der Waals surface area contributed by atoms with Crippen LogP contribution in [0.4, 0.5) is 0 Å². The minimum atomic E-state index is 0.521. The summed E-state index contributed by atoms with van der Waals surface area (Å²) in [6.45, 7) is 5.53. The number of nitrogens with zero attached hydrogens (tertiary/aromatic N) is 1. The highest BCUT2D eigenvalue weighted by Crippen LogP contribution is 2.29. The zero-order valence-corrected chi connectivity index (χ0v) is 12.2. The van der Waals surface area contributed by atoms with Gasteiger partial charge in [-0.2, -0.15) is 0 Å². The van der Waals surface area contributed by atoms with Crippen LogP contribution in [0.25, 0.3) is 0 Å². The molecule has 0 fully saturated rings. The third kappa shape index (κ3) is 3.73. The van der Waals surface area contributed by atoms with E-state index in [1.54, 1.807) is 0 Å². The molecule has 1 aromatic carbocycles. The lowest BCUT2D eigenvalue weighted by Gasteiger charge is -2.33. The maximum Gasteiger partial charge on any atom is 0.0540 e. The number of unbranched alkanes of at least 4 members (excludes halogenated alkanes) is 1. The van der Waals surface area contributed by atoms with E-state index in [1.165, 1.54) is 30.4 Å². The highest BCUT2D eigenvalue weighted by atomic mass is 15.1. The van der Waals surface area contributed by atoms with Crippen molar-refractivity contribution < 1.29 is 0 Å². The molecule has 1 heterocycles. The first-order valence-corrected chi connectivity index (χ1v) is 7.53. The minimum Gasteiger partial charge on any atom is -0.366 e. The Balaban J connectivity index is 2.18. The van der Waals surface area contributed by atoms with Crippen LogP contribution < -0.4 is 0 Å². The quantitative estimate of drug-likeness (QED) is 0.685. The highest BCUT2D eigenvalue weighted by molar-refractivity contribution is 5.26. The SMILES string of the molecule is CCCCC(c1ccccc1)N1C=C(CC)C=CC1. The third-order valence-electron chi connectivity index (χ3n) is 3.80. The summed E-state index contributed by atoms with van der Waals surface area (Å²) in [6, 6.07) is 11.4. The number of hydrogen-bond donors (Lipinski definition) is 0. The first-order valence-electron chi connectivity index (χ1n) is 7.53. The lowest BCUT2D eigenvalue weighted by Crippen LogP contribution is -2.26. The Labute approximate surface area is 117 Å². The van der Waals surface area contributed by atoms with E-state index in [-0.39, 0.29) is 0 Å². The van der Waals surface area contributed by atoms with Crippen LogP contribution in [0.15, 0.2) is 54.3 Å². The molecule has 2 rings (SSSR count). The van der Waals surface area contributed by atoms with E-state index in [9.17, 15) is 0 Å². The zero-order valence-electron chi connectivity index (χ0n) is 12.2. The van der Waals surface area contributed by atoms with Crippen molar-refractivity contribution in [2.75, 3.05) is 6.54 Å². The average molecular weight is 255 g/mol. The van der Waals surface area contributed by atoms with Gasteiger partial charge in [-0.25, -0.2) is 0 Å². The molecule has 0 spiro atoms. The summed E-state index contributed by atoms with van der Waals surface area (Å²) < 4.78 is 0. The molecule has 0 saturated heterocycles. The fourth-order valence-corrected chi connectivity index (χ4v) is 2.66. The molecule has 0 radical (unpaired) electrons. The molecular weight excluding hydrogens is 230 g/mol. The van der Waals surface area contributed by atoms with E-state index in [2.05, 4.69) is 67.4 Å². The molecule has 102 valence electrons. The molecule has 0 saturated carbocycles. The molecule has 1 aliphatic rings. The number of allylic oxidation sites excluding steroid dienone is 2. The van der Waals surface area contributed by atoms with Gasteiger partial charge in [-0.05, 0) is 24.0 Å². The molecule has 0 amide bonds. The second kappa shape index (κ2) is 7.18. The maximum atomic E-state index is 2.50. The van der Waals surface area contributed by atoms with Gasteiger partial charge in [0, 0.05) is 12.7 Å². The molecule has 0 aromatic heterocycles. The predicted molar refractivity (Wildman–Crippen MR) is 82.9 cm³/mol. The first-order chi connectivity index (χ1) is 9.35. The summed E-state index contributed by atoms with van der Waals surface area (Å²) in [5.74, 6) is 0. The van der Waals surface area contributed by atoms with Gasteiger partial charge >= 0.3 is 0 Å². The molecular formula is C18H25N. The summed E-state index contributed by atoms with van der Waals surface area (Å²) in [5, 5.41) is 0. The number of benzene rings is 1. The highest BCUT2D eigenvalue weighted by Gasteiger charge is 2.18. The smallest absolute Gasteiger partial charge is 0.0540 e. The van der Waals surface area contributed by atoms with Crippen LogP contribution in [0.1, 0.15) is 51.1 Å². The minimum absolute atomic E-state index is 0.521. The first kappa shape index (κ1) is 13.9. The largest absolute Gasteiger partial charge is 0.366 e. The molecule has 1 aliphatic heterocycles. The van der Waals surface area contributed by atoms with Crippen molar-refractivity contribution in [2.24, 2.45) is 0 Å². The Bertz CT molecular complexity index is 430. The lowest BCUT2D eigenvalue weighted by molar-refractivity contribution is 0.281. The zero-order chi connectivity index (χ0) is 13.5. The van der Waals surface area contributed by atoms with E-state index in [1.807, 2.05) is 0 Å². The third-order valence-corrected chi connectivity index (χ3v) is 3.80. The Morgan fingerprint density at radius 1 is 1.16 bits per heavy atom. The molecule has 0 N–H and O–H groups in total. The molecule has 1 unspecified atom stereocenters. The van der Waals surface area contributed by atoms with Gasteiger partial charge < -0.3 is 4.90 Å². The second-order valence-corrected chi connectivity index (χ2v) is 5.23. The average Bonchev–Trinajstić information content (AvgIpc) is 2.49. The van der Waals surface area contributed by atoms with Gasteiger partial charge in [0.15, 0.2) is 0 Å². The van der Waals surface area contributed by atoms with E-state index in [0.29, 0.717) is 6.04 Å². The van der Waals surface area contributed by atoms with Crippen LogP contribution in [-0.4, -0.2) is 11.4 Å². The molecule has 0 bridgehead atoms. The monoisotopic (exact) mass is 255 g/mol. The van der Waals surface area contributed by atoms with Crippen molar-refractivity contribution in [3.05, 3.63) is 59.8 Å². The summed E-state index contributed by atoms with van der Waals surface area (Å²) in [4.78, 5) is 2.50. The van der Waals surface area contributed by atoms with Gasteiger partial charge in [-0.15, -0.1) is 0 Å². The molecule has 1 nitrogen and oxygen atoms in total. The van der Waals surface area contributed by atoms with E-state index in [4.69, 9.17) is 0 Å². The van der Waals surface area contributed by atoms with Crippen LogP contribution in [0.2, 0.25) is 0 Å². The van der Waals surface area contributed by atoms with Gasteiger partial charge in [-0.1, -0.05) is 69.2 Å². The Kier molecular flexibility index (Phi) is 5.26. The van der Waals surface area contributed by atoms with Crippen LogP contribution in [0.5, 0.6) is 0 Å². The standard InChI is InChI=1S/C18H25N/c1-3-5-13-18(17-11-7-6-8-12-17)19-14-9-10-16(4-2)15-19/h6-12,15,18H,3-5,13-14H2,1-2H3. The van der Waals surface area contributed by atoms with Gasteiger partial charge in [0.2, 0.25) is 0 Å². The van der Waals surface area contributed by atoms with Crippen molar-refractivity contribution in [1.82, 2.24) is 4.90 Å². The van der Waals surface area contributed by atoms with E-state index in [0.717, 1.165) is 13.0 Å². The predicted octanol–water partition coefficient (Wildman–Crippen LogP) is 5.08. The van der Waals surface area contributed by atoms with E-state index >= 15 is 0 Å². The van der Waals surface area contributed by atoms with Crippen molar-refractivity contribution in [1.29, 1.82) is 0 Å². The fraction of sp³-hybridized carbons (Fsp3) is 0.444.